The van der Waals surface area contributed by atoms with Crippen molar-refractivity contribution in [2.75, 3.05) is 0 Å². The van der Waals surface area contributed by atoms with E-state index in [4.69, 9.17) is 10.4 Å². The predicted octanol–water partition coefficient (Wildman–Crippen LogP) is 3.63. The Bertz CT molecular complexity index is 510. The van der Waals surface area contributed by atoms with Gasteiger partial charge in [-0.1, -0.05) is 0 Å². The average molecular weight is 326 g/mol. The third kappa shape index (κ3) is 3.64. The summed E-state index contributed by atoms with van der Waals surface area (Å²) in [5, 5.41) is 17.4. The van der Waals surface area contributed by atoms with E-state index in [1.54, 1.807) is 6.07 Å². The van der Waals surface area contributed by atoms with Crippen molar-refractivity contribution in [2.45, 2.75) is 10.4 Å². The van der Waals surface area contributed by atoms with Gasteiger partial charge in [-0.3, -0.25) is 0 Å². The molecule has 1 rings (SSSR count). The van der Waals surface area contributed by atoms with E-state index in [-0.39, 0.29) is 10.0 Å². The van der Waals surface area contributed by atoms with Gasteiger partial charge in [0.2, 0.25) is 0 Å². The summed E-state index contributed by atoms with van der Waals surface area (Å²) in [5.41, 5.74) is -5.17. The summed E-state index contributed by atoms with van der Waals surface area (Å²) < 4.78 is 36.7. The van der Waals surface area contributed by atoms with E-state index in [0.717, 1.165) is 12.1 Å². The summed E-state index contributed by atoms with van der Waals surface area (Å²) in [4.78, 5) is 10.3. The zero-order chi connectivity index (χ0) is 13.2. The lowest BCUT2D eigenvalue weighted by Crippen LogP contribution is -2.05. The summed E-state index contributed by atoms with van der Waals surface area (Å²) in [6.07, 6.45) is 0. The van der Waals surface area contributed by atoms with Crippen LogP contribution in [0.1, 0.15) is 15.9 Å². The van der Waals surface area contributed by atoms with Crippen molar-refractivity contribution in [1.82, 2.24) is 0 Å². The van der Waals surface area contributed by atoms with Gasteiger partial charge in [-0.2, -0.15) is 18.4 Å². The fourth-order valence-electron chi connectivity index (χ4n) is 1.02. The van der Waals surface area contributed by atoms with Gasteiger partial charge < -0.3 is 5.11 Å². The molecule has 8 heteroatoms. The second-order valence-corrected chi connectivity index (χ2v) is 4.75. The van der Waals surface area contributed by atoms with Crippen LogP contribution in [0.4, 0.5) is 13.2 Å². The van der Waals surface area contributed by atoms with Gasteiger partial charge in [0, 0.05) is 9.37 Å². The van der Waals surface area contributed by atoms with Gasteiger partial charge in [0.1, 0.15) is 6.07 Å². The SMILES string of the molecule is N#Cc1cc(C(=O)O)c(SC(F)(F)F)cc1Br. The summed E-state index contributed by atoms with van der Waals surface area (Å²) in [6, 6.07) is 3.56. The van der Waals surface area contributed by atoms with E-state index in [1.807, 2.05) is 0 Å². The maximum atomic E-state index is 12.2. The number of thioether (sulfide) groups is 1. The van der Waals surface area contributed by atoms with Gasteiger partial charge in [0.05, 0.1) is 11.1 Å². The third-order valence-electron chi connectivity index (χ3n) is 1.65. The maximum Gasteiger partial charge on any atom is 0.446 e. The molecular formula is C9H3BrF3NO2S. The minimum absolute atomic E-state index is 0.0334. The molecule has 0 fully saturated rings. The lowest BCUT2D eigenvalue weighted by Gasteiger charge is -2.09. The third-order valence-corrected chi connectivity index (χ3v) is 3.09. The van der Waals surface area contributed by atoms with Gasteiger partial charge >= 0.3 is 11.5 Å². The van der Waals surface area contributed by atoms with Gasteiger partial charge in [0.25, 0.3) is 0 Å². The molecule has 0 unspecified atom stereocenters. The monoisotopic (exact) mass is 325 g/mol. The fraction of sp³-hybridized carbons (Fsp3) is 0.111. The summed E-state index contributed by atoms with van der Waals surface area (Å²) in [5.74, 6) is -1.51. The molecule has 1 aromatic carbocycles. The van der Waals surface area contributed by atoms with Gasteiger partial charge in [-0.15, -0.1) is 0 Å². The van der Waals surface area contributed by atoms with Crippen LogP contribution in [0.2, 0.25) is 0 Å². The second kappa shape index (κ2) is 4.98. The first kappa shape index (κ1) is 13.9. The molecule has 1 aromatic rings. The molecule has 3 nitrogen and oxygen atoms in total. The highest BCUT2D eigenvalue weighted by Gasteiger charge is 2.32. The van der Waals surface area contributed by atoms with E-state index in [2.05, 4.69) is 15.9 Å². The number of rotatable bonds is 2. The second-order valence-electron chi connectivity index (χ2n) is 2.79. The average Bonchev–Trinajstić information content (AvgIpc) is 2.14. The van der Waals surface area contributed by atoms with Crippen molar-refractivity contribution in [1.29, 1.82) is 5.26 Å². The van der Waals surface area contributed by atoms with Crippen molar-refractivity contribution in [2.24, 2.45) is 0 Å². The highest BCUT2D eigenvalue weighted by Crippen LogP contribution is 2.40. The Morgan fingerprint density at radius 2 is 2.06 bits per heavy atom. The summed E-state index contributed by atoms with van der Waals surface area (Å²) in [7, 11) is 0. The topological polar surface area (TPSA) is 61.1 Å². The molecule has 0 aliphatic heterocycles. The normalized spacial score (nSPS) is 11.0. The van der Waals surface area contributed by atoms with Crippen LogP contribution < -0.4 is 0 Å². The number of benzene rings is 1. The number of carboxylic acid groups (broad SMARTS) is 1. The molecule has 0 heterocycles. The zero-order valence-corrected chi connectivity index (χ0v) is 10.3. The van der Waals surface area contributed by atoms with Crippen LogP contribution in [0.15, 0.2) is 21.5 Å². The maximum absolute atomic E-state index is 12.2. The minimum Gasteiger partial charge on any atom is -0.478 e. The Labute approximate surface area is 106 Å². The number of carbonyl (C=O) groups is 1. The number of hydrogen-bond donors (Lipinski definition) is 1. The number of nitriles is 1. The molecule has 17 heavy (non-hydrogen) atoms. The van der Waals surface area contributed by atoms with Crippen LogP contribution in [0, 0.1) is 11.3 Å². The molecular weight excluding hydrogens is 323 g/mol. The van der Waals surface area contributed by atoms with Crippen molar-refractivity contribution >= 4 is 33.7 Å². The predicted molar refractivity (Wildman–Crippen MR) is 57.7 cm³/mol. The Hall–Kier alpha value is -1.20. The van der Waals surface area contributed by atoms with Crippen LogP contribution in [0.5, 0.6) is 0 Å². The molecule has 0 atom stereocenters. The van der Waals surface area contributed by atoms with E-state index in [1.165, 1.54) is 0 Å². The Balaban J connectivity index is 3.34. The number of alkyl halides is 3. The van der Waals surface area contributed by atoms with E-state index in [9.17, 15) is 18.0 Å². The smallest absolute Gasteiger partial charge is 0.446 e. The molecule has 1 N–H and O–H groups in total. The lowest BCUT2D eigenvalue weighted by molar-refractivity contribution is -0.0328. The standard InChI is InChI=1S/C9H3BrF3NO2S/c10-6-2-7(17-9(11,12)13)5(8(15)16)1-4(6)3-14/h1-2H,(H,15,16). The Kier molecular flexibility index (Phi) is 4.06. The summed E-state index contributed by atoms with van der Waals surface area (Å²) >= 11 is 2.37. The first-order valence-electron chi connectivity index (χ1n) is 3.97. The molecule has 0 radical (unpaired) electrons. The van der Waals surface area contributed by atoms with Crippen molar-refractivity contribution in [3.05, 3.63) is 27.7 Å². The molecule has 0 saturated heterocycles. The number of hydrogen-bond acceptors (Lipinski definition) is 3. The van der Waals surface area contributed by atoms with E-state index < -0.39 is 33.7 Å². The van der Waals surface area contributed by atoms with Crippen molar-refractivity contribution < 1.29 is 23.1 Å². The number of nitrogens with zero attached hydrogens (tertiary/aromatic N) is 1. The van der Waals surface area contributed by atoms with Gasteiger partial charge in [0.15, 0.2) is 0 Å². The number of carboxylic acids is 1. The van der Waals surface area contributed by atoms with Gasteiger partial charge in [-0.05, 0) is 39.8 Å². The minimum atomic E-state index is -4.59. The fourth-order valence-corrected chi connectivity index (χ4v) is 2.28. The first-order valence-corrected chi connectivity index (χ1v) is 5.58. The number of aromatic carboxylic acids is 1. The molecule has 0 spiro atoms. The summed E-state index contributed by atoms with van der Waals surface area (Å²) in [6.45, 7) is 0. The van der Waals surface area contributed by atoms with Crippen molar-refractivity contribution in [3.8, 4) is 6.07 Å². The molecule has 90 valence electrons. The van der Waals surface area contributed by atoms with Crippen molar-refractivity contribution in [3.63, 3.8) is 0 Å². The largest absolute Gasteiger partial charge is 0.478 e. The molecule has 0 amide bonds. The van der Waals surface area contributed by atoms with Crippen LogP contribution in [0.25, 0.3) is 0 Å². The quantitative estimate of drug-likeness (QED) is 0.843. The Morgan fingerprint density at radius 3 is 2.47 bits per heavy atom. The zero-order valence-electron chi connectivity index (χ0n) is 7.88. The van der Waals surface area contributed by atoms with Crippen LogP contribution >= 0.6 is 27.7 Å². The Morgan fingerprint density at radius 1 is 1.47 bits per heavy atom. The molecule has 0 saturated carbocycles. The van der Waals surface area contributed by atoms with E-state index >= 15 is 0 Å². The lowest BCUT2D eigenvalue weighted by atomic mass is 10.1. The van der Waals surface area contributed by atoms with Crippen LogP contribution in [-0.2, 0) is 0 Å². The van der Waals surface area contributed by atoms with Gasteiger partial charge in [-0.25, -0.2) is 4.79 Å². The van der Waals surface area contributed by atoms with Crippen LogP contribution in [0.3, 0.4) is 0 Å². The van der Waals surface area contributed by atoms with E-state index in [0.29, 0.717) is 0 Å². The molecule has 0 aromatic heterocycles. The first-order chi connectivity index (χ1) is 7.74. The highest BCUT2D eigenvalue weighted by atomic mass is 79.9. The molecule has 0 aliphatic rings. The highest BCUT2D eigenvalue weighted by molar-refractivity contribution is 9.10. The van der Waals surface area contributed by atoms with Crippen LogP contribution in [-0.4, -0.2) is 16.6 Å². The molecule has 0 aliphatic carbocycles. The number of halogens is 4. The molecule has 0 bridgehead atoms.